The van der Waals surface area contributed by atoms with E-state index in [1.54, 1.807) is 17.4 Å². The zero-order valence-electron chi connectivity index (χ0n) is 15.8. The van der Waals surface area contributed by atoms with Crippen LogP contribution in [0, 0.1) is 13.8 Å². The first-order valence-corrected chi connectivity index (χ1v) is 9.79. The van der Waals surface area contributed by atoms with Crippen molar-refractivity contribution in [2.24, 2.45) is 0 Å². The fourth-order valence-corrected chi connectivity index (χ4v) is 3.94. The second-order valence-electron chi connectivity index (χ2n) is 6.49. The Balaban J connectivity index is 1.48. The zero-order chi connectivity index (χ0) is 20.1. The standard InChI is InChI=1S/C22H21NO4S/c1-14-12-18(15(2)28-14)20(24)10-11-22(26)27-13-21(25)23-19-9-5-7-16-6-3-4-8-17(16)19/h3-9,12H,10-11,13H2,1-2H3,(H,23,25). The molecule has 0 atom stereocenters. The summed E-state index contributed by atoms with van der Waals surface area (Å²) in [7, 11) is 0. The first kappa shape index (κ1) is 19.8. The number of carbonyl (C=O) groups excluding carboxylic acids is 3. The molecule has 3 aromatic rings. The monoisotopic (exact) mass is 395 g/mol. The predicted octanol–water partition coefficient (Wildman–Crippen LogP) is 4.66. The number of aryl methyl sites for hydroxylation is 2. The molecule has 6 heteroatoms. The van der Waals surface area contributed by atoms with E-state index in [4.69, 9.17) is 4.74 Å². The molecule has 0 saturated heterocycles. The molecule has 3 rings (SSSR count). The van der Waals surface area contributed by atoms with Crippen LogP contribution in [0.5, 0.6) is 0 Å². The van der Waals surface area contributed by atoms with E-state index in [0.717, 1.165) is 20.5 Å². The van der Waals surface area contributed by atoms with Gasteiger partial charge in [0.05, 0.1) is 6.42 Å². The molecule has 0 saturated carbocycles. The van der Waals surface area contributed by atoms with E-state index in [9.17, 15) is 14.4 Å². The Kier molecular flexibility index (Phi) is 6.21. The lowest BCUT2D eigenvalue weighted by Crippen LogP contribution is -2.21. The van der Waals surface area contributed by atoms with Crippen molar-refractivity contribution >= 4 is 45.5 Å². The van der Waals surface area contributed by atoms with Gasteiger partial charge in [0.2, 0.25) is 0 Å². The molecule has 2 aromatic carbocycles. The number of anilines is 1. The van der Waals surface area contributed by atoms with Gasteiger partial charge in [0, 0.05) is 32.8 Å². The number of esters is 1. The third-order valence-electron chi connectivity index (χ3n) is 4.33. The molecule has 0 radical (unpaired) electrons. The Morgan fingerprint density at radius 3 is 2.50 bits per heavy atom. The number of amides is 1. The molecule has 0 fully saturated rings. The van der Waals surface area contributed by atoms with Crippen LogP contribution in [0.3, 0.4) is 0 Å². The summed E-state index contributed by atoms with van der Waals surface area (Å²) < 4.78 is 5.01. The van der Waals surface area contributed by atoms with Crippen molar-refractivity contribution in [2.45, 2.75) is 26.7 Å². The van der Waals surface area contributed by atoms with E-state index in [1.165, 1.54) is 0 Å². The Hall–Kier alpha value is -2.99. The average molecular weight is 395 g/mol. The largest absolute Gasteiger partial charge is 0.456 e. The van der Waals surface area contributed by atoms with Gasteiger partial charge < -0.3 is 10.1 Å². The number of hydrogen-bond donors (Lipinski definition) is 1. The van der Waals surface area contributed by atoms with Crippen LogP contribution in [-0.2, 0) is 14.3 Å². The summed E-state index contributed by atoms with van der Waals surface area (Å²) in [5, 5.41) is 4.68. The van der Waals surface area contributed by atoms with Gasteiger partial charge in [-0.05, 0) is 31.4 Å². The molecule has 1 amide bonds. The highest BCUT2D eigenvalue weighted by molar-refractivity contribution is 7.12. The molecule has 0 bridgehead atoms. The Morgan fingerprint density at radius 1 is 1.00 bits per heavy atom. The summed E-state index contributed by atoms with van der Waals surface area (Å²) in [5.74, 6) is -1.06. The molecule has 0 aliphatic heterocycles. The van der Waals surface area contributed by atoms with Crippen LogP contribution in [0.15, 0.2) is 48.5 Å². The average Bonchev–Trinajstić information content (AvgIpc) is 3.03. The summed E-state index contributed by atoms with van der Waals surface area (Å²) in [6.45, 7) is 3.45. The molecule has 1 aromatic heterocycles. The quantitative estimate of drug-likeness (QED) is 0.466. The lowest BCUT2D eigenvalue weighted by atomic mass is 10.1. The molecule has 0 aliphatic carbocycles. The molecule has 0 aliphatic rings. The van der Waals surface area contributed by atoms with Gasteiger partial charge in [-0.15, -0.1) is 11.3 Å². The van der Waals surface area contributed by atoms with E-state index in [0.29, 0.717) is 11.3 Å². The van der Waals surface area contributed by atoms with Crippen molar-refractivity contribution in [2.75, 3.05) is 11.9 Å². The van der Waals surface area contributed by atoms with E-state index in [2.05, 4.69) is 5.32 Å². The first-order valence-electron chi connectivity index (χ1n) is 8.97. The number of benzene rings is 2. The van der Waals surface area contributed by atoms with Gasteiger partial charge in [-0.25, -0.2) is 0 Å². The van der Waals surface area contributed by atoms with Gasteiger partial charge in [-0.2, -0.15) is 0 Å². The highest BCUT2D eigenvalue weighted by Gasteiger charge is 2.15. The minimum Gasteiger partial charge on any atom is -0.456 e. The number of fused-ring (bicyclic) bond motifs is 1. The smallest absolute Gasteiger partial charge is 0.306 e. The second kappa shape index (κ2) is 8.80. The van der Waals surface area contributed by atoms with Crippen LogP contribution in [0.1, 0.15) is 33.0 Å². The Morgan fingerprint density at radius 2 is 1.75 bits per heavy atom. The fourth-order valence-electron chi connectivity index (χ4n) is 3.00. The van der Waals surface area contributed by atoms with Gasteiger partial charge >= 0.3 is 5.97 Å². The van der Waals surface area contributed by atoms with Crippen LogP contribution in [0.2, 0.25) is 0 Å². The van der Waals surface area contributed by atoms with Gasteiger partial charge in [-0.3, -0.25) is 14.4 Å². The number of rotatable bonds is 7. The molecule has 0 spiro atoms. The molecule has 1 heterocycles. The van der Waals surface area contributed by atoms with Gasteiger partial charge in [0.15, 0.2) is 12.4 Å². The van der Waals surface area contributed by atoms with Crippen molar-refractivity contribution in [1.82, 2.24) is 0 Å². The second-order valence-corrected chi connectivity index (χ2v) is 7.95. The lowest BCUT2D eigenvalue weighted by molar-refractivity contribution is -0.147. The summed E-state index contributed by atoms with van der Waals surface area (Å²) in [4.78, 5) is 38.2. The van der Waals surface area contributed by atoms with E-state index in [-0.39, 0.29) is 25.2 Å². The van der Waals surface area contributed by atoms with Crippen LogP contribution in [0.25, 0.3) is 10.8 Å². The number of nitrogens with one attached hydrogen (secondary N) is 1. The number of thiophene rings is 1. The van der Waals surface area contributed by atoms with Crippen molar-refractivity contribution in [3.63, 3.8) is 0 Å². The Labute approximate surface area is 167 Å². The third-order valence-corrected chi connectivity index (χ3v) is 5.29. The molecule has 1 N–H and O–H groups in total. The highest BCUT2D eigenvalue weighted by atomic mass is 32.1. The topological polar surface area (TPSA) is 72.5 Å². The van der Waals surface area contributed by atoms with Crippen molar-refractivity contribution < 1.29 is 19.1 Å². The third kappa shape index (κ3) is 4.84. The molecule has 144 valence electrons. The normalized spacial score (nSPS) is 10.6. The molecule has 0 unspecified atom stereocenters. The van der Waals surface area contributed by atoms with Crippen LogP contribution in [-0.4, -0.2) is 24.3 Å². The predicted molar refractivity (Wildman–Crippen MR) is 111 cm³/mol. The maximum atomic E-state index is 12.2. The number of Topliss-reactive ketones (excluding diaryl/α,β-unsaturated/α-hetero) is 1. The fraction of sp³-hybridized carbons (Fsp3) is 0.227. The number of carbonyl (C=O) groups is 3. The van der Waals surface area contributed by atoms with Crippen molar-refractivity contribution in [3.05, 3.63) is 63.8 Å². The molecular weight excluding hydrogens is 374 g/mol. The molecular formula is C22H21NO4S. The Bertz CT molecular complexity index is 1030. The number of ether oxygens (including phenoxy) is 1. The first-order chi connectivity index (χ1) is 13.4. The molecule has 5 nitrogen and oxygen atoms in total. The summed E-state index contributed by atoms with van der Waals surface area (Å²) in [5.41, 5.74) is 1.32. The van der Waals surface area contributed by atoms with Gasteiger partial charge in [0.25, 0.3) is 5.91 Å². The minimum atomic E-state index is -0.564. The molecule has 28 heavy (non-hydrogen) atoms. The maximum absolute atomic E-state index is 12.2. The SMILES string of the molecule is Cc1cc(C(=O)CCC(=O)OCC(=O)Nc2cccc3ccccc23)c(C)s1. The lowest BCUT2D eigenvalue weighted by Gasteiger charge is -2.09. The van der Waals surface area contributed by atoms with Crippen LogP contribution >= 0.6 is 11.3 Å². The number of ketones is 1. The number of hydrogen-bond acceptors (Lipinski definition) is 5. The maximum Gasteiger partial charge on any atom is 0.306 e. The van der Waals surface area contributed by atoms with Crippen LogP contribution in [0.4, 0.5) is 5.69 Å². The zero-order valence-corrected chi connectivity index (χ0v) is 16.6. The van der Waals surface area contributed by atoms with Gasteiger partial charge in [-0.1, -0.05) is 36.4 Å². The van der Waals surface area contributed by atoms with Crippen molar-refractivity contribution in [1.29, 1.82) is 0 Å². The summed E-state index contributed by atoms with van der Waals surface area (Å²) in [6, 6.07) is 15.1. The van der Waals surface area contributed by atoms with E-state index in [1.807, 2.05) is 56.3 Å². The van der Waals surface area contributed by atoms with E-state index < -0.39 is 11.9 Å². The van der Waals surface area contributed by atoms with Crippen molar-refractivity contribution in [3.8, 4) is 0 Å². The van der Waals surface area contributed by atoms with Crippen LogP contribution < -0.4 is 5.32 Å². The summed E-state index contributed by atoms with van der Waals surface area (Å²) >= 11 is 1.56. The minimum absolute atomic E-state index is 0.0469. The summed E-state index contributed by atoms with van der Waals surface area (Å²) in [6.07, 6.45) is 0.0233. The van der Waals surface area contributed by atoms with E-state index >= 15 is 0 Å². The van der Waals surface area contributed by atoms with Gasteiger partial charge in [0.1, 0.15) is 0 Å². The highest BCUT2D eigenvalue weighted by Crippen LogP contribution is 2.23.